The van der Waals surface area contributed by atoms with Crippen LogP contribution in [-0.4, -0.2) is 39.3 Å². The van der Waals surface area contributed by atoms with Crippen LogP contribution in [0.15, 0.2) is 53.4 Å². The Kier molecular flexibility index (Phi) is 8.39. The summed E-state index contributed by atoms with van der Waals surface area (Å²) in [5.74, 6) is -4.01. The Hall–Kier alpha value is -3.19. The molecule has 0 bridgehead atoms. The predicted octanol–water partition coefficient (Wildman–Crippen LogP) is 3.21. The highest BCUT2D eigenvalue weighted by molar-refractivity contribution is 7.89. The number of amides is 1. The molecule has 1 atom stereocenters. The van der Waals surface area contributed by atoms with Crippen LogP contribution in [-0.2, 0) is 24.3 Å². The molecule has 13 heteroatoms. The van der Waals surface area contributed by atoms with E-state index in [-0.39, 0.29) is 5.69 Å². The normalized spacial score (nSPS) is 12.8. The van der Waals surface area contributed by atoms with Crippen LogP contribution < -0.4 is 14.8 Å². The molecule has 2 aromatic rings. The number of rotatable bonds is 9. The van der Waals surface area contributed by atoms with Gasteiger partial charge >= 0.3 is 12.3 Å². The summed E-state index contributed by atoms with van der Waals surface area (Å²) in [5, 5.41) is 2.30. The van der Waals surface area contributed by atoms with Crippen LogP contribution in [0.4, 0.5) is 23.2 Å². The van der Waals surface area contributed by atoms with Crippen molar-refractivity contribution in [1.29, 1.82) is 0 Å². The van der Waals surface area contributed by atoms with E-state index in [1.807, 2.05) is 0 Å². The monoisotopic (exact) mass is 492 g/mol. The molecule has 0 heterocycles. The highest BCUT2D eigenvalue weighted by Gasteiger charge is 2.32. The van der Waals surface area contributed by atoms with Crippen molar-refractivity contribution in [3.63, 3.8) is 0 Å². The minimum absolute atomic E-state index is 0.103. The fourth-order valence-electron chi connectivity index (χ4n) is 2.51. The first kappa shape index (κ1) is 26.1. The van der Waals surface area contributed by atoms with Crippen molar-refractivity contribution in [3.05, 3.63) is 54.3 Å². The van der Waals surface area contributed by atoms with Crippen LogP contribution in [0.5, 0.6) is 5.75 Å². The topological polar surface area (TPSA) is 111 Å². The van der Waals surface area contributed by atoms with Crippen molar-refractivity contribution in [2.45, 2.75) is 31.1 Å². The fraction of sp³-hybridized carbons (Fsp3) is 0.300. The molecule has 2 N–H and O–H groups in total. The molecule has 0 unspecified atom stereocenters. The van der Waals surface area contributed by atoms with Gasteiger partial charge < -0.3 is 14.8 Å². The Morgan fingerprint density at radius 2 is 1.64 bits per heavy atom. The van der Waals surface area contributed by atoms with Gasteiger partial charge in [0.05, 0.1) is 0 Å². The molecule has 0 aliphatic carbocycles. The van der Waals surface area contributed by atoms with Crippen molar-refractivity contribution in [1.82, 2.24) is 4.72 Å². The smallest absolute Gasteiger partial charge is 0.454 e. The number of carbonyl (C=O) groups is 2. The Labute approximate surface area is 186 Å². The van der Waals surface area contributed by atoms with E-state index in [0.29, 0.717) is 0 Å². The second-order valence-corrected chi connectivity index (χ2v) is 8.68. The molecule has 0 aliphatic rings. The highest BCUT2D eigenvalue weighted by Crippen LogP contribution is 2.24. The second kappa shape index (κ2) is 10.6. The van der Waals surface area contributed by atoms with Gasteiger partial charge in [-0.05, 0) is 42.3 Å². The quantitative estimate of drug-likeness (QED) is 0.411. The molecule has 0 fully saturated rings. The first-order valence-corrected chi connectivity index (χ1v) is 10.9. The maximum absolute atomic E-state index is 13.9. The molecule has 0 spiro atoms. The van der Waals surface area contributed by atoms with E-state index in [9.17, 15) is 35.6 Å². The molecule has 8 nitrogen and oxygen atoms in total. The zero-order chi connectivity index (χ0) is 24.8. The van der Waals surface area contributed by atoms with Crippen LogP contribution in [0.2, 0.25) is 0 Å². The van der Waals surface area contributed by atoms with Gasteiger partial charge in [-0.15, -0.1) is 13.2 Å². The van der Waals surface area contributed by atoms with Gasteiger partial charge in [-0.3, -0.25) is 9.59 Å². The van der Waals surface area contributed by atoms with Crippen molar-refractivity contribution in [2.75, 3.05) is 11.9 Å². The van der Waals surface area contributed by atoms with Crippen LogP contribution in [0.25, 0.3) is 0 Å². The van der Waals surface area contributed by atoms with E-state index in [1.54, 1.807) is 0 Å². The Balaban J connectivity index is 1.96. The molecule has 33 heavy (non-hydrogen) atoms. The Morgan fingerprint density at radius 1 is 1.03 bits per heavy atom. The lowest BCUT2D eigenvalue weighted by molar-refractivity contribution is -0.274. The summed E-state index contributed by atoms with van der Waals surface area (Å²) in [6.45, 7) is 2.23. The van der Waals surface area contributed by atoms with Crippen LogP contribution in [0.3, 0.4) is 0 Å². The molecule has 180 valence electrons. The van der Waals surface area contributed by atoms with E-state index in [2.05, 4.69) is 14.8 Å². The molecule has 0 aliphatic heterocycles. The summed E-state index contributed by atoms with van der Waals surface area (Å²) in [4.78, 5) is 23.7. The molecule has 0 aromatic heterocycles. The lowest BCUT2D eigenvalue weighted by atomic mass is 10.1. The second-order valence-electron chi connectivity index (χ2n) is 7.00. The number of hydrogen-bond acceptors (Lipinski definition) is 6. The third kappa shape index (κ3) is 8.02. The van der Waals surface area contributed by atoms with Crippen LogP contribution in [0.1, 0.15) is 13.8 Å². The average molecular weight is 492 g/mol. The number of carbonyl (C=O) groups excluding carboxylic acids is 2. The summed E-state index contributed by atoms with van der Waals surface area (Å²) in [5.41, 5.74) is 0.103. The van der Waals surface area contributed by atoms with Gasteiger partial charge in [0.15, 0.2) is 6.61 Å². The van der Waals surface area contributed by atoms with E-state index in [1.165, 1.54) is 26.0 Å². The van der Waals surface area contributed by atoms with E-state index in [4.69, 9.17) is 4.74 Å². The lowest BCUT2D eigenvalue weighted by Gasteiger charge is -2.21. The number of alkyl halides is 3. The van der Waals surface area contributed by atoms with Gasteiger partial charge in [-0.1, -0.05) is 26.0 Å². The number of hydrogen-bond donors (Lipinski definition) is 2. The summed E-state index contributed by atoms with van der Waals surface area (Å²) in [6, 6.07) is 7.40. The zero-order valence-corrected chi connectivity index (χ0v) is 18.2. The first-order valence-electron chi connectivity index (χ1n) is 9.37. The van der Waals surface area contributed by atoms with Crippen LogP contribution >= 0.6 is 0 Å². The predicted molar refractivity (Wildman–Crippen MR) is 108 cm³/mol. The molecular weight excluding hydrogens is 472 g/mol. The molecule has 2 aromatic carbocycles. The molecule has 0 saturated heterocycles. The van der Waals surface area contributed by atoms with Crippen molar-refractivity contribution < 1.29 is 45.0 Å². The van der Waals surface area contributed by atoms with E-state index < -0.39 is 63.3 Å². The molecule has 0 saturated carbocycles. The maximum atomic E-state index is 13.9. The molecular formula is C20H20F4N2O6S. The minimum atomic E-state index is -4.86. The average Bonchev–Trinajstić information content (AvgIpc) is 2.70. The van der Waals surface area contributed by atoms with Gasteiger partial charge in [0, 0.05) is 5.69 Å². The van der Waals surface area contributed by atoms with Crippen molar-refractivity contribution in [2.24, 2.45) is 5.92 Å². The number of benzene rings is 2. The number of sulfonamides is 1. The number of nitrogens with one attached hydrogen (secondary N) is 2. The summed E-state index contributed by atoms with van der Waals surface area (Å²) < 4.78 is 85.9. The van der Waals surface area contributed by atoms with Gasteiger partial charge in [-0.25, -0.2) is 12.8 Å². The standard InChI is InChI=1S/C20H20F4N2O6S/c1-12(2)18(26-33(29,30)16-6-4-3-5-15(16)21)19(28)31-11-17(27)25-13-7-9-14(10-8-13)32-20(22,23)24/h3-10,12,18,26H,11H2,1-2H3,(H,25,27)/t18-/m0/s1. The number of ether oxygens (including phenoxy) is 2. The van der Waals surface area contributed by atoms with Gasteiger partial charge in [-0.2, -0.15) is 4.72 Å². The Morgan fingerprint density at radius 3 is 2.18 bits per heavy atom. The molecule has 2 rings (SSSR count). The van der Waals surface area contributed by atoms with Gasteiger partial charge in [0.2, 0.25) is 10.0 Å². The lowest BCUT2D eigenvalue weighted by Crippen LogP contribution is -2.46. The third-order valence-corrected chi connectivity index (χ3v) is 5.52. The minimum Gasteiger partial charge on any atom is -0.454 e. The first-order chi connectivity index (χ1) is 15.3. The highest BCUT2D eigenvalue weighted by atomic mass is 32.2. The van der Waals surface area contributed by atoms with Gasteiger partial charge in [0.1, 0.15) is 22.5 Å². The summed E-state index contributed by atoms with van der Waals surface area (Å²) in [6.07, 6.45) is -4.86. The SMILES string of the molecule is CC(C)[C@H](NS(=O)(=O)c1ccccc1F)C(=O)OCC(=O)Nc1ccc(OC(F)(F)F)cc1. The van der Waals surface area contributed by atoms with Crippen molar-refractivity contribution >= 4 is 27.6 Å². The number of halogens is 4. The summed E-state index contributed by atoms with van der Waals surface area (Å²) in [7, 11) is -4.40. The third-order valence-electron chi connectivity index (χ3n) is 4.05. The van der Waals surface area contributed by atoms with Crippen molar-refractivity contribution in [3.8, 4) is 5.75 Å². The van der Waals surface area contributed by atoms with Gasteiger partial charge in [0.25, 0.3) is 5.91 Å². The van der Waals surface area contributed by atoms with E-state index in [0.717, 1.165) is 36.4 Å². The Bertz CT molecular complexity index is 1090. The fourth-order valence-corrected chi connectivity index (χ4v) is 3.93. The molecule has 0 radical (unpaired) electrons. The molecule has 1 amide bonds. The van der Waals surface area contributed by atoms with Crippen LogP contribution in [0, 0.1) is 11.7 Å². The zero-order valence-electron chi connectivity index (χ0n) is 17.4. The number of esters is 1. The number of anilines is 1. The largest absolute Gasteiger partial charge is 0.573 e. The maximum Gasteiger partial charge on any atom is 0.573 e. The van der Waals surface area contributed by atoms with E-state index >= 15 is 0 Å². The summed E-state index contributed by atoms with van der Waals surface area (Å²) >= 11 is 0.